The van der Waals surface area contributed by atoms with Crippen molar-refractivity contribution in [2.75, 3.05) is 39.6 Å². The van der Waals surface area contributed by atoms with Crippen LogP contribution in [0.25, 0.3) is 0 Å². The van der Waals surface area contributed by atoms with Gasteiger partial charge in [0.15, 0.2) is 12.2 Å². The number of hydrogen-bond acceptors (Lipinski definition) is 15. The van der Waals surface area contributed by atoms with Crippen molar-refractivity contribution in [1.29, 1.82) is 0 Å². The molecule has 0 fully saturated rings. The van der Waals surface area contributed by atoms with E-state index in [1.165, 1.54) is 270 Å². The van der Waals surface area contributed by atoms with Crippen molar-refractivity contribution in [3.8, 4) is 0 Å². The van der Waals surface area contributed by atoms with Gasteiger partial charge >= 0.3 is 39.5 Å². The average Bonchev–Trinajstić information content (AvgIpc) is 0.906. The van der Waals surface area contributed by atoms with Crippen LogP contribution in [0.15, 0.2) is 0 Å². The molecule has 0 saturated heterocycles. The second-order valence-corrected chi connectivity index (χ2v) is 34.4. The maximum Gasteiger partial charge on any atom is 0.472 e. The summed E-state index contributed by atoms with van der Waals surface area (Å²) in [6, 6.07) is 0. The van der Waals surface area contributed by atoms with Gasteiger partial charge in [0.05, 0.1) is 26.4 Å². The number of carbonyl (C=O) groups excluding carboxylic acids is 4. The van der Waals surface area contributed by atoms with E-state index in [1.807, 2.05) is 0 Å². The van der Waals surface area contributed by atoms with Crippen LogP contribution in [0.3, 0.4) is 0 Å². The third-order valence-electron chi connectivity index (χ3n) is 20.0. The molecule has 2 unspecified atom stereocenters. The number of esters is 4. The number of aliphatic hydroxyl groups is 1. The number of phosphoric ester groups is 2. The Morgan fingerprint density at radius 3 is 0.654 bits per heavy atom. The lowest BCUT2D eigenvalue weighted by molar-refractivity contribution is -0.161. The van der Waals surface area contributed by atoms with Crippen molar-refractivity contribution in [3.63, 3.8) is 0 Å². The Morgan fingerprint density at radius 1 is 0.260 bits per heavy atom. The van der Waals surface area contributed by atoms with Crippen LogP contribution < -0.4 is 0 Å². The summed E-state index contributed by atoms with van der Waals surface area (Å²) in [5.41, 5.74) is 0. The first-order valence-corrected chi connectivity index (χ1v) is 47.0. The SMILES string of the molecule is CCCCCCCCCCCCCCCCCCCC(=O)OC[C@H](COP(=O)(O)OC[C@@H](O)COP(=O)(O)OC[C@@H](COC(=O)CCCCCCCCCCCCCC)OC(=O)CCCCCCCCCCCCCCCC(C)C)OC(=O)CCCCCCCCCCCCCCCCCCC(C)C. The smallest absolute Gasteiger partial charge is 0.462 e. The molecule has 19 heteroatoms. The fourth-order valence-corrected chi connectivity index (χ4v) is 14.8. The molecule has 0 spiro atoms. The second kappa shape index (κ2) is 76.4. The van der Waals surface area contributed by atoms with Gasteiger partial charge < -0.3 is 33.8 Å². The van der Waals surface area contributed by atoms with Crippen LogP contribution in [-0.4, -0.2) is 96.7 Å². The molecule has 0 aromatic heterocycles. The minimum Gasteiger partial charge on any atom is -0.462 e. The van der Waals surface area contributed by atoms with E-state index in [0.29, 0.717) is 25.7 Å². The summed E-state index contributed by atoms with van der Waals surface area (Å²) >= 11 is 0. The maximum absolute atomic E-state index is 13.1. The number of rotatable bonds is 84. The zero-order valence-electron chi connectivity index (χ0n) is 68.3. The van der Waals surface area contributed by atoms with Crippen LogP contribution in [0.5, 0.6) is 0 Å². The Hall–Kier alpha value is -1.94. The van der Waals surface area contributed by atoms with E-state index in [1.54, 1.807) is 0 Å². The Kier molecular flexibility index (Phi) is 75.0. The number of aliphatic hydroxyl groups excluding tert-OH is 1. The summed E-state index contributed by atoms with van der Waals surface area (Å²) in [6.45, 7) is 9.72. The van der Waals surface area contributed by atoms with Gasteiger partial charge in [0, 0.05) is 25.7 Å². The Morgan fingerprint density at radius 2 is 0.442 bits per heavy atom. The van der Waals surface area contributed by atoms with E-state index >= 15 is 0 Å². The number of unbranched alkanes of at least 4 members (excludes halogenated alkanes) is 54. The predicted molar refractivity (Wildman–Crippen MR) is 428 cm³/mol. The molecule has 0 rings (SSSR count). The molecule has 0 aromatic carbocycles. The number of hydrogen-bond donors (Lipinski definition) is 3. The molecule has 17 nitrogen and oxygen atoms in total. The zero-order chi connectivity index (χ0) is 76.4. The van der Waals surface area contributed by atoms with Crippen LogP contribution in [-0.2, 0) is 65.4 Å². The first-order valence-electron chi connectivity index (χ1n) is 44.0. The lowest BCUT2D eigenvalue weighted by atomic mass is 10.0. The molecule has 0 heterocycles. The first-order chi connectivity index (χ1) is 50.4. The van der Waals surface area contributed by atoms with E-state index in [0.717, 1.165) is 102 Å². The van der Waals surface area contributed by atoms with Crippen LogP contribution in [0.1, 0.15) is 452 Å². The number of ether oxygens (including phenoxy) is 4. The molecule has 0 bridgehead atoms. The Balaban J connectivity index is 5.26. The summed E-state index contributed by atoms with van der Waals surface area (Å²) in [5.74, 6) is -0.505. The Labute approximate surface area is 638 Å². The minimum absolute atomic E-state index is 0.108. The summed E-state index contributed by atoms with van der Waals surface area (Å²) in [6.07, 6.45) is 67.9. The molecule has 0 aromatic rings. The largest absolute Gasteiger partial charge is 0.472 e. The predicted octanol–water partition coefficient (Wildman–Crippen LogP) is 25.8. The minimum atomic E-state index is -4.96. The average molecular weight is 1520 g/mol. The highest BCUT2D eigenvalue weighted by atomic mass is 31.2. The van der Waals surface area contributed by atoms with Gasteiger partial charge in [0.1, 0.15) is 19.3 Å². The second-order valence-electron chi connectivity index (χ2n) is 31.5. The molecule has 0 saturated carbocycles. The van der Waals surface area contributed by atoms with Crippen LogP contribution in [0.2, 0.25) is 0 Å². The van der Waals surface area contributed by atoms with E-state index in [9.17, 15) is 43.2 Å². The summed E-state index contributed by atoms with van der Waals surface area (Å²) in [4.78, 5) is 73.2. The first kappa shape index (κ1) is 102. The third kappa shape index (κ3) is 78.2. The number of phosphoric acid groups is 2. The molecular weight excluding hydrogens is 1350 g/mol. The third-order valence-corrected chi connectivity index (χ3v) is 21.9. The van der Waals surface area contributed by atoms with E-state index in [2.05, 4.69) is 41.5 Å². The van der Waals surface area contributed by atoms with Gasteiger partial charge in [-0.25, -0.2) is 9.13 Å². The van der Waals surface area contributed by atoms with Crippen molar-refractivity contribution >= 4 is 39.5 Å². The molecule has 0 radical (unpaired) electrons. The van der Waals surface area contributed by atoms with Crippen LogP contribution in [0, 0.1) is 11.8 Å². The maximum atomic E-state index is 13.1. The van der Waals surface area contributed by atoms with Crippen molar-refractivity contribution in [3.05, 3.63) is 0 Å². The van der Waals surface area contributed by atoms with Crippen LogP contribution in [0.4, 0.5) is 0 Å². The van der Waals surface area contributed by atoms with E-state index in [4.69, 9.17) is 37.0 Å². The lowest BCUT2D eigenvalue weighted by Crippen LogP contribution is -2.30. The molecule has 0 aliphatic heterocycles. The molecule has 0 aliphatic carbocycles. The van der Waals surface area contributed by atoms with E-state index in [-0.39, 0.29) is 25.7 Å². The fourth-order valence-electron chi connectivity index (χ4n) is 13.2. The lowest BCUT2D eigenvalue weighted by Gasteiger charge is -2.21. The van der Waals surface area contributed by atoms with E-state index < -0.39 is 97.5 Å². The molecule has 0 amide bonds. The zero-order valence-corrected chi connectivity index (χ0v) is 70.1. The highest BCUT2D eigenvalue weighted by molar-refractivity contribution is 7.47. The van der Waals surface area contributed by atoms with Crippen molar-refractivity contribution in [1.82, 2.24) is 0 Å². The molecule has 0 aliphatic rings. The van der Waals surface area contributed by atoms with Crippen molar-refractivity contribution in [2.24, 2.45) is 11.8 Å². The monoisotopic (exact) mass is 1520 g/mol. The molecule has 104 heavy (non-hydrogen) atoms. The molecule has 5 atom stereocenters. The van der Waals surface area contributed by atoms with Gasteiger partial charge in [-0.3, -0.25) is 37.3 Å². The molecular formula is C85H166O17P2. The van der Waals surface area contributed by atoms with Gasteiger partial charge in [-0.1, -0.05) is 401 Å². The summed E-state index contributed by atoms with van der Waals surface area (Å²) in [7, 11) is -9.93. The highest BCUT2D eigenvalue weighted by Crippen LogP contribution is 2.45. The van der Waals surface area contributed by atoms with Crippen molar-refractivity contribution in [2.45, 2.75) is 471 Å². The summed E-state index contributed by atoms with van der Waals surface area (Å²) < 4.78 is 68.9. The Bertz CT molecular complexity index is 1990. The number of carbonyl (C=O) groups is 4. The topological polar surface area (TPSA) is 237 Å². The van der Waals surface area contributed by atoms with Gasteiger partial charge in [-0.05, 0) is 37.5 Å². The standard InChI is InChI=1S/C85H166O17P2/c1-7-9-11-13-15-17-19-21-22-23-27-32-38-44-50-56-62-68-83(88)96-74-81(101-84(89)69-63-57-51-45-39-33-28-25-24-26-30-35-41-47-53-59-65-77(3)4)76-100-104(93,94)98-72-79(86)71-97-103(91,92)99-75-80(73-95-82(87)67-61-55-49-43-37-20-18-16-14-12-10-8-2)102-85(90)70-64-58-52-46-40-34-29-31-36-42-48-54-60-66-78(5)6/h77-81,86H,7-76H2,1-6H3,(H,91,92)(H,93,94)/t79-,80+,81+/m0/s1. The van der Waals surface area contributed by atoms with Crippen molar-refractivity contribution < 1.29 is 80.2 Å². The van der Waals surface area contributed by atoms with Gasteiger partial charge in [0.2, 0.25) is 0 Å². The normalized spacial score (nSPS) is 13.8. The fraction of sp³-hybridized carbons (Fsp3) is 0.953. The van der Waals surface area contributed by atoms with Gasteiger partial charge in [-0.2, -0.15) is 0 Å². The van der Waals surface area contributed by atoms with Crippen LogP contribution >= 0.6 is 15.6 Å². The summed E-state index contributed by atoms with van der Waals surface area (Å²) in [5, 5.41) is 10.7. The molecule has 3 N–H and O–H groups in total. The molecule has 618 valence electrons. The van der Waals surface area contributed by atoms with Gasteiger partial charge in [0.25, 0.3) is 0 Å². The van der Waals surface area contributed by atoms with Gasteiger partial charge in [-0.15, -0.1) is 0 Å². The highest BCUT2D eigenvalue weighted by Gasteiger charge is 2.30. The quantitative estimate of drug-likeness (QED) is 0.0222.